The van der Waals surface area contributed by atoms with E-state index in [1.54, 1.807) is 36.4 Å². The monoisotopic (exact) mass is 419 g/mol. The van der Waals surface area contributed by atoms with Gasteiger partial charge in [0.1, 0.15) is 11.9 Å². The molecule has 3 aromatic rings. The molecule has 6 nitrogen and oxygen atoms in total. The van der Waals surface area contributed by atoms with Gasteiger partial charge in [-0.1, -0.05) is 36.4 Å². The third-order valence-electron chi connectivity index (χ3n) is 5.08. The fraction of sp³-hybridized carbons (Fsp3) is 0.217. The van der Waals surface area contributed by atoms with Crippen molar-refractivity contribution >= 4 is 10.0 Å². The van der Waals surface area contributed by atoms with Gasteiger partial charge >= 0.3 is 0 Å². The Morgan fingerprint density at radius 1 is 0.933 bits per heavy atom. The molecule has 1 aromatic heterocycles. The molecule has 1 aliphatic heterocycles. The Hall–Kier alpha value is -3.21. The normalized spacial score (nSPS) is 15.4. The van der Waals surface area contributed by atoms with Gasteiger partial charge in [-0.25, -0.2) is 13.4 Å². The molecule has 0 radical (unpaired) electrons. The molecule has 0 amide bonds. The molecule has 2 heterocycles. The topological polar surface area (TPSA) is 83.3 Å². The average Bonchev–Trinajstić information content (AvgIpc) is 2.80. The van der Waals surface area contributed by atoms with E-state index < -0.39 is 10.0 Å². The first-order valence-corrected chi connectivity index (χ1v) is 11.2. The molecule has 30 heavy (non-hydrogen) atoms. The molecular formula is C23H21N3O3S. The molecule has 2 aromatic carbocycles. The minimum atomic E-state index is -3.69. The Labute approximate surface area is 176 Å². The van der Waals surface area contributed by atoms with Gasteiger partial charge in [0.2, 0.25) is 0 Å². The van der Waals surface area contributed by atoms with E-state index in [4.69, 9.17) is 10.00 Å². The lowest BCUT2D eigenvalue weighted by atomic mass is 10.1. The number of ether oxygens (including phenoxy) is 1. The summed E-state index contributed by atoms with van der Waals surface area (Å²) in [7, 11) is -3.69. The summed E-state index contributed by atoms with van der Waals surface area (Å²) in [6, 6.07) is 23.5. The van der Waals surface area contributed by atoms with E-state index in [0.29, 0.717) is 37.2 Å². The van der Waals surface area contributed by atoms with Crippen molar-refractivity contribution in [3.8, 4) is 23.1 Å². The van der Waals surface area contributed by atoms with Crippen LogP contribution in [-0.2, 0) is 10.0 Å². The number of benzene rings is 2. The number of piperidine rings is 1. The summed E-state index contributed by atoms with van der Waals surface area (Å²) in [5.74, 6) is 0.801. The lowest BCUT2D eigenvalue weighted by molar-refractivity contribution is 0.135. The van der Waals surface area contributed by atoms with E-state index in [2.05, 4.69) is 11.1 Å². The summed E-state index contributed by atoms with van der Waals surface area (Å²) in [5.41, 5.74) is 1.87. The number of rotatable bonds is 5. The van der Waals surface area contributed by atoms with Gasteiger partial charge in [0, 0.05) is 18.7 Å². The molecular weight excluding hydrogens is 398 g/mol. The Balaban J connectivity index is 1.47. The van der Waals surface area contributed by atoms with Crippen molar-refractivity contribution in [3.63, 3.8) is 0 Å². The maximum absolute atomic E-state index is 13.1. The van der Waals surface area contributed by atoms with Crippen molar-refractivity contribution in [3.05, 3.63) is 78.4 Å². The van der Waals surface area contributed by atoms with Gasteiger partial charge < -0.3 is 4.74 Å². The van der Waals surface area contributed by atoms with Crippen LogP contribution in [0.4, 0.5) is 0 Å². The molecule has 4 rings (SSSR count). The van der Waals surface area contributed by atoms with Crippen LogP contribution in [-0.4, -0.2) is 36.9 Å². The average molecular weight is 420 g/mol. The minimum Gasteiger partial charge on any atom is -0.490 e. The molecule has 1 aliphatic rings. The highest BCUT2D eigenvalue weighted by molar-refractivity contribution is 7.89. The third kappa shape index (κ3) is 4.35. The van der Waals surface area contributed by atoms with Gasteiger partial charge in [0.05, 0.1) is 17.3 Å². The van der Waals surface area contributed by atoms with Crippen LogP contribution in [0.3, 0.4) is 0 Å². The molecule has 0 unspecified atom stereocenters. The standard InChI is InChI=1S/C23H21N3O3S/c24-17-18-9-11-19(12-10-18)22-7-4-8-23(25-22)30(27,28)26-15-13-21(14-16-26)29-20-5-2-1-3-6-20/h1-12,21H,13-16H2. The highest BCUT2D eigenvalue weighted by atomic mass is 32.2. The van der Waals surface area contributed by atoms with Gasteiger partial charge in [-0.2, -0.15) is 9.57 Å². The van der Waals surface area contributed by atoms with Gasteiger partial charge in [0.15, 0.2) is 5.03 Å². The molecule has 0 spiro atoms. The summed E-state index contributed by atoms with van der Waals surface area (Å²) in [5, 5.41) is 8.97. The Morgan fingerprint density at radius 2 is 1.63 bits per heavy atom. The molecule has 0 saturated carbocycles. The van der Waals surface area contributed by atoms with E-state index in [-0.39, 0.29) is 11.1 Å². The summed E-state index contributed by atoms with van der Waals surface area (Å²) >= 11 is 0. The van der Waals surface area contributed by atoms with Crippen LogP contribution < -0.4 is 4.74 Å². The Bertz CT molecular complexity index is 1150. The summed E-state index contributed by atoms with van der Waals surface area (Å²) in [4.78, 5) is 4.39. The van der Waals surface area contributed by atoms with Gasteiger partial charge in [-0.3, -0.25) is 0 Å². The van der Waals surface area contributed by atoms with Crippen LogP contribution >= 0.6 is 0 Å². The zero-order valence-electron chi connectivity index (χ0n) is 16.3. The summed E-state index contributed by atoms with van der Waals surface area (Å²) in [6.45, 7) is 0.783. The van der Waals surface area contributed by atoms with Gasteiger partial charge in [-0.05, 0) is 49.2 Å². The van der Waals surface area contributed by atoms with Crippen molar-refractivity contribution in [1.82, 2.24) is 9.29 Å². The molecule has 0 aliphatic carbocycles. The quantitative estimate of drug-likeness (QED) is 0.627. The molecule has 1 fully saturated rings. The van der Waals surface area contributed by atoms with Crippen molar-refractivity contribution in [2.75, 3.05) is 13.1 Å². The maximum Gasteiger partial charge on any atom is 0.260 e. The maximum atomic E-state index is 13.1. The lowest BCUT2D eigenvalue weighted by Crippen LogP contribution is -2.42. The third-order valence-corrected chi connectivity index (χ3v) is 6.89. The molecule has 1 saturated heterocycles. The van der Waals surface area contributed by atoms with Crippen LogP contribution in [0.25, 0.3) is 11.3 Å². The number of nitriles is 1. The van der Waals surface area contributed by atoms with E-state index in [0.717, 1.165) is 11.3 Å². The van der Waals surface area contributed by atoms with E-state index in [1.165, 1.54) is 10.4 Å². The lowest BCUT2D eigenvalue weighted by Gasteiger charge is -2.31. The van der Waals surface area contributed by atoms with Crippen LogP contribution in [0.1, 0.15) is 18.4 Å². The van der Waals surface area contributed by atoms with Gasteiger partial charge in [-0.15, -0.1) is 0 Å². The highest BCUT2D eigenvalue weighted by Crippen LogP contribution is 2.25. The zero-order chi connectivity index (χ0) is 21.0. The largest absolute Gasteiger partial charge is 0.490 e. The number of para-hydroxylation sites is 1. The summed E-state index contributed by atoms with van der Waals surface area (Å²) < 4.78 is 33.7. The predicted octanol–water partition coefficient (Wildman–Crippen LogP) is 3.85. The van der Waals surface area contributed by atoms with Crippen LogP contribution in [0.2, 0.25) is 0 Å². The number of pyridine rings is 1. The summed E-state index contributed by atoms with van der Waals surface area (Å²) in [6.07, 6.45) is 1.25. The van der Waals surface area contributed by atoms with Gasteiger partial charge in [0.25, 0.3) is 10.0 Å². The molecule has 7 heteroatoms. The van der Waals surface area contributed by atoms with Crippen LogP contribution in [0, 0.1) is 11.3 Å². The molecule has 152 valence electrons. The smallest absolute Gasteiger partial charge is 0.260 e. The van der Waals surface area contributed by atoms with E-state index in [9.17, 15) is 8.42 Å². The molecule has 0 atom stereocenters. The number of hydrogen-bond donors (Lipinski definition) is 0. The van der Waals surface area contributed by atoms with E-state index in [1.807, 2.05) is 30.3 Å². The number of nitrogens with zero attached hydrogens (tertiary/aromatic N) is 3. The first kappa shape index (κ1) is 20.1. The predicted molar refractivity (Wildman–Crippen MR) is 113 cm³/mol. The number of hydrogen-bond acceptors (Lipinski definition) is 5. The molecule has 0 N–H and O–H groups in total. The van der Waals surface area contributed by atoms with Crippen molar-refractivity contribution in [1.29, 1.82) is 5.26 Å². The fourth-order valence-electron chi connectivity index (χ4n) is 3.45. The Kier molecular flexibility index (Phi) is 5.79. The second-order valence-electron chi connectivity index (χ2n) is 7.08. The highest BCUT2D eigenvalue weighted by Gasteiger charge is 2.31. The minimum absolute atomic E-state index is 0.00297. The van der Waals surface area contributed by atoms with Crippen LogP contribution in [0.15, 0.2) is 77.8 Å². The fourth-order valence-corrected chi connectivity index (χ4v) is 4.87. The number of aromatic nitrogens is 1. The van der Waals surface area contributed by atoms with Crippen LogP contribution in [0.5, 0.6) is 5.75 Å². The second kappa shape index (κ2) is 8.66. The van der Waals surface area contributed by atoms with Crippen molar-refractivity contribution in [2.45, 2.75) is 24.0 Å². The zero-order valence-corrected chi connectivity index (χ0v) is 17.1. The Morgan fingerprint density at radius 3 is 2.30 bits per heavy atom. The first-order valence-electron chi connectivity index (χ1n) is 9.76. The first-order chi connectivity index (χ1) is 14.6. The van der Waals surface area contributed by atoms with E-state index >= 15 is 0 Å². The molecule has 0 bridgehead atoms. The second-order valence-corrected chi connectivity index (χ2v) is 8.97. The van der Waals surface area contributed by atoms with Crippen molar-refractivity contribution in [2.24, 2.45) is 0 Å². The SMILES string of the molecule is N#Cc1ccc(-c2cccc(S(=O)(=O)N3CCC(Oc4ccccc4)CC3)n2)cc1. The number of sulfonamides is 1. The van der Waals surface area contributed by atoms with Crippen molar-refractivity contribution < 1.29 is 13.2 Å².